The zero-order valence-corrected chi connectivity index (χ0v) is 19.3. The number of hydrogen-bond donors (Lipinski definition) is 2. The second kappa shape index (κ2) is 11.5. The van der Waals surface area contributed by atoms with Gasteiger partial charge in [-0.05, 0) is 68.1 Å². The minimum atomic E-state index is -0.284. The number of thiophene rings is 1. The first kappa shape index (κ1) is 24.4. The van der Waals surface area contributed by atoms with Gasteiger partial charge in [0, 0.05) is 23.4 Å². The van der Waals surface area contributed by atoms with E-state index in [-0.39, 0.29) is 30.8 Å². The lowest BCUT2D eigenvalue weighted by Gasteiger charge is -2.11. The van der Waals surface area contributed by atoms with Crippen LogP contribution in [0.4, 0.5) is 0 Å². The SMILES string of the molecule is CCOC(=O)c1c2c(nn1CCCNCCc1ccsc1)-c1cn[nH]c1CC2.Cl.Cl. The van der Waals surface area contributed by atoms with Crippen molar-refractivity contribution < 1.29 is 9.53 Å². The predicted molar refractivity (Wildman–Crippen MR) is 123 cm³/mol. The smallest absolute Gasteiger partial charge is 0.356 e. The molecule has 0 unspecified atom stereocenters. The quantitative estimate of drug-likeness (QED) is 0.367. The molecule has 0 amide bonds. The van der Waals surface area contributed by atoms with Crippen molar-refractivity contribution in [1.82, 2.24) is 25.3 Å². The highest BCUT2D eigenvalue weighted by Crippen LogP contribution is 2.33. The van der Waals surface area contributed by atoms with Crippen molar-refractivity contribution in [3.8, 4) is 11.3 Å². The molecule has 1 aliphatic rings. The summed E-state index contributed by atoms with van der Waals surface area (Å²) in [4.78, 5) is 12.6. The normalized spacial score (nSPS) is 11.8. The molecule has 1 aliphatic carbocycles. The molecule has 10 heteroatoms. The molecule has 3 heterocycles. The topological polar surface area (TPSA) is 84.8 Å². The Morgan fingerprint density at radius 3 is 2.97 bits per heavy atom. The van der Waals surface area contributed by atoms with Crippen LogP contribution in [0.5, 0.6) is 0 Å². The first-order chi connectivity index (χ1) is 13.8. The van der Waals surface area contributed by atoms with Gasteiger partial charge in [0.1, 0.15) is 5.69 Å². The molecule has 3 aromatic heterocycles. The molecule has 0 radical (unpaired) electrons. The van der Waals surface area contributed by atoms with Crippen molar-refractivity contribution >= 4 is 42.1 Å². The number of carbonyl (C=O) groups is 1. The number of rotatable bonds is 9. The molecule has 0 aromatic carbocycles. The van der Waals surface area contributed by atoms with Crippen molar-refractivity contribution in [3.05, 3.63) is 45.5 Å². The van der Waals surface area contributed by atoms with Crippen LogP contribution in [0.15, 0.2) is 23.0 Å². The van der Waals surface area contributed by atoms with E-state index in [9.17, 15) is 4.79 Å². The van der Waals surface area contributed by atoms with Crippen LogP contribution in [0, 0.1) is 0 Å². The van der Waals surface area contributed by atoms with Gasteiger partial charge in [-0.1, -0.05) is 0 Å². The minimum Gasteiger partial charge on any atom is -0.461 e. The molecule has 0 saturated heterocycles. The van der Waals surface area contributed by atoms with Crippen molar-refractivity contribution in [2.45, 2.75) is 39.2 Å². The Bertz CT molecular complexity index is 939. The van der Waals surface area contributed by atoms with E-state index in [0.717, 1.165) is 61.3 Å². The predicted octanol–water partition coefficient (Wildman–Crippen LogP) is 3.68. The van der Waals surface area contributed by atoms with Crippen molar-refractivity contribution in [2.75, 3.05) is 19.7 Å². The summed E-state index contributed by atoms with van der Waals surface area (Å²) in [5.41, 5.74) is 5.91. The number of fused-ring (bicyclic) bond motifs is 3. The molecule has 2 N–H and O–H groups in total. The monoisotopic (exact) mass is 471 g/mol. The van der Waals surface area contributed by atoms with Crippen LogP contribution in [0.3, 0.4) is 0 Å². The molecule has 164 valence electrons. The Hall–Kier alpha value is -1.87. The van der Waals surface area contributed by atoms with E-state index in [1.54, 1.807) is 17.5 Å². The average molecular weight is 472 g/mol. The maximum absolute atomic E-state index is 12.6. The summed E-state index contributed by atoms with van der Waals surface area (Å²) in [7, 11) is 0. The van der Waals surface area contributed by atoms with Gasteiger partial charge in [0.05, 0.1) is 18.5 Å². The fourth-order valence-corrected chi connectivity index (χ4v) is 4.35. The Kier molecular flexibility index (Phi) is 9.36. The summed E-state index contributed by atoms with van der Waals surface area (Å²) in [6.07, 6.45) is 5.35. The third kappa shape index (κ3) is 5.24. The number of H-pyrrole nitrogens is 1. The molecule has 4 rings (SSSR count). The van der Waals surface area contributed by atoms with Crippen LogP contribution < -0.4 is 5.32 Å². The van der Waals surface area contributed by atoms with Gasteiger partial charge in [-0.3, -0.25) is 9.78 Å². The largest absolute Gasteiger partial charge is 0.461 e. The highest BCUT2D eigenvalue weighted by Gasteiger charge is 2.29. The van der Waals surface area contributed by atoms with Gasteiger partial charge in [-0.15, -0.1) is 24.8 Å². The van der Waals surface area contributed by atoms with Gasteiger partial charge in [0.15, 0.2) is 0 Å². The number of aromatic nitrogens is 4. The standard InChI is InChI=1S/C20H25N5O2S.2ClH/c1-2-27-20(26)19-15-4-5-17-16(12-22-23-17)18(15)24-25(19)10-3-8-21-9-6-14-7-11-28-13-14;;/h7,11-13,21H,2-6,8-10H2,1H3,(H,22,23);2*1H. The number of ether oxygens (including phenoxy) is 1. The van der Waals surface area contributed by atoms with Crippen LogP contribution in [0.25, 0.3) is 11.3 Å². The third-order valence-electron chi connectivity index (χ3n) is 5.01. The fourth-order valence-electron chi connectivity index (χ4n) is 3.65. The molecule has 0 saturated carbocycles. The highest BCUT2D eigenvalue weighted by atomic mass is 35.5. The van der Waals surface area contributed by atoms with Crippen molar-refractivity contribution in [2.24, 2.45) is 0 Å². The van der Waals surface area contributed by atoms with E-state index in [4.69, 9.17) is 9.84 Å². The summed E-state index contributed by atoms with van der Waals surface area (Å²) in [6.45, 7) is 4.71. The Labute approximate surface area is 192 Å². The van der Waals surface area contributed by atoms with Crippen LogP contribution in [-0.4, -0.2) is 45.6 Å². The minimum absolute atomic E-state index is 0. The lowest BCUT2D eigenvalue weighted by atomic mass is 9.94. The molecule has 0 atom stereocenters. The summed E-state index contributed by atoms with van der Waals surface area (Å²) >= 11 is 1.73. The molecule has 30 heavy (non-hydrogen) atoms. The molecule has 0 aliphatic heterocycles. The molecule has 3 aromatic rings. The molecule has 7 nitrogen and oxygen atoms in total. The maximum Gasteiger partial charge on any atom is 0.356 e. The van der Waals surface area contributed by atoms with Gasteiger partial charge in [-0.2, -0.15) is 21.5 Å². The Morgan fingerprint density at radius 2 is 2.20 bits per heavy atom. The Balaban J connectivity index is 0.00000160. The highest BCUT2D eigenvalue weighted by molar-refractivity contribution is 7.07. The fraction of sp³-hybridized carbons (Fsp3) is 0.450. The number of nitrogens with one attached hydrogen (secondary N) is 2. The van der Waals surface area contributed by atoms with E-state index in [1.165, 1.54) is 5.56 Å². The first-order valence-corrected chi connectivity index (χ1v) is 10.7. The van der Waals surface area contributed by atoms with Crippen molar-refractivity contribution in [3.63, 3.8) is 0 Å². The first-order valence-electron chi connectivity index (χ1n) is 9.79. The van der Waals surface area contributed by atoms with Crippen LogP contribution >= 0.6 is 36.2 Å². The van der Waals surface area contributed by atoms with Gasteiger partial charge >= 0.3 is 5.97 Å². The zero-order valence-electron chi connectivity index (χ0n) is 16.8. The lowest BCUT2D eigenvalue weighted by Crippen LogP contribution is -2.21. The molecular formula is C20H27Cl2N5O2S. The van der Waals surface area contributed by atoms with Crippen LogP contribution in [0.1, 0.15) is 40.7 Å². The second-order valence-electron chi connectivity index (χ2n) is 6.87. The van der Waals surface area contributed by atoms with E-state index >= 15 is 0 Å². The van der Waals surface area contributed by atoms with Crippen LogP contribution in [-0.2, 0) is 30.5 Å². The van der Waals surface area contributed by atoms with E-state index in [0.29, 0.717) is 18.8 Å². The Morgan fingerprint density at radius 1 is 1.33 bits per heavy atom. The average Bonchev–Trinajstić information content (AvgIpc) is 3.43. The van der Waals surface area contributed by atoms with Gasteiger partial charge in [0.25, 0.3) is 0 Å². The van der Waals surface area contributed by atoms with Crippen LogP contribution in [0.2, 0.25) is 0 Å². The molecular weight excluding hydrogens is 445 g/mol. The lowest BCUT2D eigenvalue weighted by molar-refractivity contribution is 0.0510. The number of hydrogen-bond acceptors (Lipinski definition) is 6. The summed E-state index contributed by atoms with van der Waals surface area (Å²) in [6, 6.07) is 2.16. The third-order valence-corrected chi connectivity index (χ3v) is 5.74. The summed E-state index contributed by atoms with van der Waals surface area (Å²) in [5, 5.41) is 19.7. The molecule has 0 fully saturated rings. The number of halogens is 2. The second-order valence-corrected chi connectivity index (χ2v) is 7.65. The van der Waals surface area contributed by atoms with Crippen molar-refractivity contribution in [1.29, 1.82) is 0 Å². The van der Waals surface area contributed by atoms with E-state index in [1.807, 2.05) is 11.6 Å². The number of esters is 1. The van der Waals surface area contributed by atoms with E-state index in [2.05, 4.69) is 32.3 Å². The van der Waals surface area contributed by atoms with Gasteiger partial charge in [-0.25, -0.2) is 4.79 Å². The molecule has 0 spiro atoms. The number of aryl methyl sites for hydroxylation is 2. The number of carbonyl (C=O) groups excluding carboxylic acids is 1. The van der Waals surface area contributed by atoms with Gasteiger partial charge in [0.2, 0.25) is 0 Å². The summed E-state index contributed by atoms with van der Waals surface area (Å²) in [5.74, 6) is -0.284. The summed E-state index contributed by atoms with van der Waals surface area (Å²) < 4.78 is 7.14. The van der Waals surface area contributed by atoms with E-state index < -0.39 is 0 Å². The van der Waals surface area contributed by atoms with Gasteiger partial charge < -0.3 is 10.1 Å². The number of aromatic amines is 1. The molecule has 0 bridgehead atoms. The zero-order chi connectivity index (χ0) is 19.3. The maximum atomic E-state index is 12.6. The number of nitrogens with zero attached hydrogens (tertiary/aromatic N) is 3.